The molecule has 0 saturated carbocycles. The Labute approximate surface area is 99.5 Å². The normalized spacial score (nSPS) is 10.6. The third-order valence-corrected chi connectivity index (χ3v) is 2.71. The Morgan fingerprint density at radius 2 is 2.00 bits per heavy atom. The summed E-state index contributed by atoms with van der Waals surface area (Å²) in [7, 11) is 5.36. The summed E-state index contributed by atoms with van der Waals surface area (Å²) < 4.78 is 15.4. The second-order valence-electron chi connectivity index (χ2n) is 4.10. The van der Waals surface area contributed by atoms with Gasteiger partial charge in [-0.3, -0.25) is 4.68 Å². The Balaban J connectivity index is 2.67. The van der Waals surface area contributed by atoms with Crippen LogP contribution in [0.1, 0.15) is 0 Å². The molecular weight excluding hydrogens is 219 g/mol. The number of para-hydroxylation sites is 1. The van der Waals surface area contributed by atoms with E-state index in [2.05, 4.69) is 5.10 Å². The fourth-order valence-corrected chi connectivity index (χ4v) is 1.84. The highest BCUT2D eigenvalue weighted by Crippen LogP contribution is 2.34. The molecule has 1 heterocycles. The van der Waals surface area contributed by atoms with Gasteiger partial charge in [-0.2, -0.15) is 5.10 Å². The SMILES string of the molecule is CN(C)c1c(F)cccc1-c1cnn(C)c1N. The second kappa shape index (κ2) is 4.08. The average molecular weight is 234 g/mol. The number of halogens is 1. The molecule has 90 valence electrons. The minimum Gasteiger partial charge on any atom is -0.383 e. The number of aryl methyl sites for hydroxylation is 1. The van der Waals surface area contributed by atoms with E-state index in [9.17, 15) is 4.39 Å². The van der Waals surface area contributed by atoms with Gasteiger partial charge in [0.2, 0.25) is 0 Å². The van der Waals surface area contributed by atoms with Crippen LogP contribution in [0.2, 0.25) is 0 Å². The van der Waals surface area contributed by atoms with Gasteiger partial charge >= 0.3 is 0 Å². The molecule has 0 unspecified atom stereocenters. The van der Waals surface area contributed by atoms with Gasteiger partial charge in [-0.15, -0.1) is 0 Å². The highest BCUT2D eigenvalue weighted by molar-refractivity contribution is 5.84. The molecule has 1 aromatic carbocycles. The Hall–Kier alpha value is -2.04. The third kappa shape index (κ3) is 1.84. The number of nitrogens with two attached hydrogens (primary N) is 1. The Morgan fingerprint density at radius 1 is 1.29 bits per heavy atom. The summed E-state index contributed by atoms with van der Waals surface area (Å²) in [6, 6.07) is 4.95. The maximum Gasteiger partial charge on any atom is 0.147 e. The van der Waals surface area contributed by atoms with Crippen molar-refractivity contribution >= 4 is 11.5 Å². The van der Waals surface area contributed by atoms with E-state index >= 15 is 0 Å². The smallest absolute Gasteiger partial charge is 0.147 e. The Kier molecular flexibility index (Phi) is 2.75. The third-order valence-electron chi connectivity index (χ3n) is 2.71. The lowest BCUT2D eigenvalue weighted by atomic mass is 10.1. The van der Waals surface area contributed by atoms with Gasteiger partial charge < -0.3 is 10.6 Å². The van der Waals surface area contributed by atoms with Crippen LogP contribution in [0.5, 0.6) is 0 Å². The molecule has 17 heavy (non-hydrogen) atoms. The lowest BCUT2D eigenvalue weighted by molar-refractivity contribution is 0.626. The van der Waals surface area contributed by atoms with E-state index in [-0.39, 0.29) is 5.82 Å². The molecule has 0 aliphatic carbocycles. The van der Waals surface area contributed by atoms with E-state index in [1.807, 2.05) is 6.07 Å². The van der Waals surface area contributed by atoms with Gasteiger partial charge in [0, 0.05) is 32.3 Å². The van der Waals surface area contributed by atoms with Crippen LogP contribution in [0.4, 0.5) is 15.9 Å². The first kappa shape index (κ1) is 11.4. The Bertz CT molecular complexity index is 545. The van der Waals surface area contributed by atoms with Crippen LogP contribution in [0.3, 0.4) is 0 Å². The van der Waals surface area contributed by atoms with Crippen molar-refractivity contribution in [3.63, 3.8) is 0 Å². The summed E-state index contributed by atoms with van der Waals surface area (Å²) in [5.41, 5.74) is 7.93. The highest BCUT2D eigenvalue weighted by atomic mass is 19.1. The fourth-order valence-electron chi connectivity index (χ4n) is 1.84. The number of hydrogen-bond acceptors (Lipinski definition) is 3. The van der Waals surface area contributed by atoms with Crippen LogP contribution in [-0.4, -0.2) is 23.9 Å². The molecule has 2 N–H and O–H groups in total. The zero-order valence-corrected chi connectivity index (χ0v) is 10.1. The molecule has 0 radical (unpaired) electrons. The van der Waals surface area contributed by atoms with E-state index in [1.165, 1.54) is 6.07 Å². The van der Waals surface area contributed by atoms with Gasteiger partial charge in [0.15, 0.2) is 0 Å². The van der Waals surface area contributed by atoms with Crippen molar-refractivity contribution in [3.05, 3.63) is 30.2 Å². The first-order chi connectivity index (χ1) is 8.02. The maximum atomic E-state index is 13.8. The monoisotopic (exact) mass is 234 g/mol. The molecule has 0 amide bonds. The lowest BCUT2D eigenvalue weighted by Crippen LogP contribution is -2.12. The quantitative estimate of drug-likeness (QED) is 0.863. The molecule has 2 aromatic rings. The molecule has 0 aliphatic heterocycles. The summed E-state index contributed by atoms with van der Waals surface area (Å²) >= 11 is 0. The van der Waals surface area contributed by atoms with Crippen molar-refractivity contribution in [2.45, 2.75) is 0 Å². The van der Waals surface area contributed by atoms with E-state index in [0.29, 0.717) is 11.5 Å². The predicted octanol–water partition coefficient (Wildman–Crippen LogP) is 1.87. The van der Waals surface area contributed by atoms with Crippen LogP contribution in [0.25, 0.3) is 11.1 Å². The van der Waals surface area contributed by atoms with Gasteiger partial charge in [0.1, 0.15) is 11.6 Å². The molecule has 0 bridgehead atoms. The molecule has 0 saturated heterocycles. The molecule has 1 aromatic heterocycles. The van der Waals surface area contributed by atoms with Crippen molar-refractivity contribution in [1.29, 1.82) is 0 Å². The second-order valence-corrected chi connectivity index (χ2v) is 4.10. The molecule has 4 nitrogen and oxygen atoms in total. The van der Waals surface area contributed by atoms with Gasteiger partial charge in [0.05, 0.1) is 11.9 Å². The van der Waals surface area contributed by atoms with Crippen molar-refractivity contribution in [2.75, 3.05) is 24.7 Å². The van der Waals surface area contributed by atoms with Gasteiger partial charge in [-0.1, -0.05) is 12.1 Å². The first-order valence-electron chi connectivity index (χ1n) is 5.26. The molecule has 2 rings (SSSR count). The van der Waals surface area contributed by atoms with E-state index < -0.39 is 0 Å². The maximum absolute atomic E-state index is 13.8. The van der Waals surface area contributed by atoms with Crippen LogP contribution in [0, 0.1) is 5.82 Å². The standard InChI is InChI=1S/C12H15FN4/c1-16(2)11-8(5-4-6-10(11)13)9-7-15-17(3)12(9)14/h4-7H,14H2,1-3H3. The number of rotatable bonds is 2. The van der Waals surface area contributed by atoms with Crippen molar-refractivity contribution in [3.8, 4) is 11.1 Å². The highest BCUT2D eigenvalue weighted by Gasteiger charge is 2.16. The van der Waals surface area contributed by atoms with Gasteiger partial charge in [-0.25, -0.2) is 4.39 Å². The number of benzene rings is 1. The molecule has 0 spiro atoms. The number of aromatic nitrogens is 2. The first-order valence-corrected chi connectivity index (χ1v) is 5.26. The summed E-state index contributed by atoms with van der Waals surface area (Å²) in [4.78, 5) is 1.73. The molecule has 5 heteroatoms. The average Bonchev–Trinajstić information content (AvgIpc) is 2.59. The largest absolute Gasteiger partial charge is 0.383 e. The van der Waals surface area contributed by atoms with E-state index in [1.54, 1.807) is 43.0 Å². The van der Waals surface area contributed by atoms with Crippen molar-refractivity contribution in [2.24, 2.45) is 7.05 Å². The number of anilines is 2. The predicted molar refractivity (Wildman–Crippen MR) is 67.3 cm³/mol. The fraction of sp³-hybridized carbons (Fsp3) is 0.250. The van der Waals surface area contributed by atoms with Crippen LogP contribution >= 0.6 is 0 Å². The lowest BCUT2D eigenvalue weighted by Gasteiger charge is -2.17. The van der Waals surface area contributed by atoms with E-state index in [4.69, 9.17) is 5.73 Å². The van der Waals surface area contributed by atoms with Crippen LogP contribution in [0.15, 0.2) is 24.4 Å². The summed E-state index contributed by atoms with van der Waals surface area (Å²) in [6.45, 7) is 0. The minimum atomic E-state index is -0.268. The number of nitrogens with zero attached hydrogens (tertiary/aromatic N) is 3. The van der Waals surface area contributed by atoms with Crippen molar-refractivity contribution < 1.29 is 4.39 Å². The summed E-state index contributed by atoms with van der Waals surface area (Å²) in [5.74, 6) is 0.259. The van der Waals surface area contributed by atoms with Crippen LogP contribution < -0.4 is 10.6 Å². The number of hydrogen-bond donors (Lipinski definition) is 1. The van der Waals surface area contributed by atoms with Crippen molar-refractivity contribution in [1.82, 2.24) is 9.78 Å². The molecule has 0 fully saturated rings. The van der Waals surface area contributed by atoms with Gasteiger partial charge in [-0.05, 0) is 6.07 Å². The molecular formula is C12H15FN4. The van der Waals surface area contributed by atoms with Crippen LogP contribution in [-0.2, 0) is 7.05 Å². The van der Waals surface area contributed by atoms with E-state index in [0.717, 1.165) is 11.1 Å². The van der Waals surface area contributed by atoms with Gasteiger partial charge in [0.25, 0.3) is 0 Å². The number of nitrogen functional groups attached to an aromatic ring is 1. The zero-order chi connectivity index (χ0) is 12.6. The summed E-state index contributed by atoms with van der Waals surface area (Å²) in [5, 5.41) is 4.07. The summed E-state index contributed by atoms with van der Waals surface area (Å²) in [6.07, 6.45) is 1.65. The molecule has 0 atom stereocenters. The topological polar surface area (TPSA) is 47.1 Å². The Morgan fingerprint density at radius 3 is 2.53 bits per heavy atom. The zero-order valence-electron chi connectivity index (χ0n) is 10.1. The minimum absolute atomic E-state index is 0.268. The molecule has 0 aliphatic rings.